The van der Waals surface area contributed by atoms with Crippen molar-refractivity contribution in [2.45, 2.75) is 39.2 Å². The largest absolute Gasteiger partial charge is 0.351 e. The zero-order chi connectivity index (χ0) is 13.5. The van der Waals surface area contributed by atoms with Crippen LogP contribution in [0, 0.1) is 0 Å². The standard InChI is InChI=1S/C12H22N4O2/c1-9(2)16(3)8-4-7-13-12(18)10-5-6-11(17)15-14-10/h9H,4-8H2,1-3H3,(H,13,18)(H,15,17). The SMILES string of the molecule is CC(C)N(C)CCCNC(=O)C1=NNC(=O)CC1. The molecule has 0 spiro atoms. The van der Waals surface area contributed by atoms with Crippen molar-refractivity contribution in [3.63, 3.8) is 0 Å². The lowest BCUT2D eigenvalue weighted by Crippen LogP contribution is -2.38. The predicted octanol–water partition coefficient (Wildman–Crippen LogP) is 0.0989. The zero-order valence-corrected chi connectivity index (χ0v) is 11.3. The van der Waals surface area contributed by atoms with E-state index in [2.05, 4.69) is 41.6 Å². The first-order valence-electron chi connectivity index (χ1n) is 6.34. The van der Waals surface area contributed by atoms with Gasteiger partial charge in [-0.2, -0.15) is 5.10 Å². The monoisotopic (exact) mass is 254 g/mol. The van der Waals surface area contributed by atoms with Gasteiger partial charge in [-0.05, 0) is 33.9 Å². The summed E-state index contributed by atoms with van der Waals surface area (Å²) in [6.45, 7) is 5.85. The van der Waals surface area contributed by atoms with Gasteiger partial charge < -0.3 is 10.2 Å². The third kappa shape index (κ3) is 4.83. The number of nitrogens with one attached hydrogen (secondary N) is 2. The minimum Gasteiger partial charge on any atom is -0.351 e. The summed E-state index contributed by atoms with van der Waals surface area (Å²) in [6.07, 6.45) is 1.66. The summed E-state index contributed by atoms with van der Waals surface area (Å²) in [6, 6.07) is 0.513. The Bertz CT molecular complexity index is 339. The van der Waals surface area contributed by atoms with Crippen LogP contribution >= 0.6 is 0 Å². The Hall–Kier alpha value is -1.43. The molecule has 0 fully saturated rings. The molecule has 1 aliphatic heterocycles. The van der Waals surface area contributed by atoms with Crippen LogP contribution in [0.2, 0.25) is 0 Å². The summed E-state index contributed by atoms with van der Waals surface area (Å²) in [7, 11) is 2.06. The van der Waals surface area contributed by atoms with Crippen LogP contribution in [0.15, 0.2) is 5.10 Å². The molecule has 0 aromatic heterocycles. The van der Waals surface area contributed by atoms with Crippen molar-refractivity contribution in [3.05, 3.63) is 0 Å². The second-order valence-corrected chi connectivity index (χ2v) is 4.78. The molecule has 0 aliphatic carbocycles. The Balaban J connectivity index is 2.20. The fourth-order valence-corrected chi connectivity index (χ4v) is 1.53. The molecule has 0 aromatic carbocycles. The van der Waals surface area contributed by atoms with Crippen molar-refractivity contribution < 1.29 is 9.59 Å². The van der Waals surface area contributed by atoms with Crippen LogP contribution < -0.4 is 10.7 Å². The lowest BCUT2D eigenvalue weighted by molar-refractivity contribution is -0.121. The molecule has 1 heterocycles. The molecule has 0 aromatic rings. The maximum atomic E-state index is 11.7. The Morgan fingerprint density at radius 3 is 2.78 bits per heavy atom. The van der Waals surface area contributed by atoms with Crippen molar-refractivity contribution in [1.29, 1.82) is 0 Å². The fraction of sp³-hybridized carbons (Fsp3) is 0.750. The van der Waals surface area contributed by atoms with Gasteiger partial charge in [0.1, 0.15) is 5.71 Å². The molecule has 0 bridgehead atoms. The second kappa shape index (κ2) is 7.10. The molecule has 18 heavy (non-hydrogen) atoms. The highest BCUT2D eigenvalue weighted by molar-refractivity contribution is 6.39. The van der Waals surface area contributed by atoms with E-state index in [0.29, 0.717) is 31.1 Å². The van der Waals surface area contributed by atoms with Gasteiger partial charge in [0.25, 0.3) is 5.91 Å². The van der Waals surface area contributed by atoms with Crippen LogP contribution in [0.3, 0.4) is 0 Å². The fourth-order valence-electron chi connectivity index (χ4n) is 1.53. The summed E-state index contributed by atoms with van der Waals surface area (Å²) in [5.41, 5.74) is 2.73. The minimum atomic E-state index is -0.179. The molecule has 0 atom stereocenters. The Labute approximate surface area is 108 Å². The number of nitrogens with zero attached hydrogens (tertiary/aromatic N) is 2. The van der Waals surface area contributed by atoms with E-state index >= 15 is 0 Å². The zero-order valence-electron chi connectivity index (χ0n) is 11.3. The minimum absolute atomic E-state index is 0.134. The van der Waals surface area contributed by atoms with Crippen LogP contribution in [-0.4, -0.2) is 48.6 Å². The lowest BCUT2D eigenvalue weighted by atomic mass is 10.1. The van der Waals surface area contributed by atoms with Crippen LogP contribution in [0.25, 0.3) is 0 Å². The van der Waals surface area contributed by atoms with Gasteiger partial charge in [0.2, 0.25) is 5.91 Å². The quantitative estimate of drug-likeness (QED) is 0.660. The molecule has 6 nitrogen and oxygen atoms in total. The smallest absolute Gasteiger partial charge is 0.267 e. The Morgan fingerprint density at radius 2 is 2.22 bits per heavy atom. The number of amides is 2. The highest BCUT2D eigenvalue weighted by atomic mass is 16.2. The first kappa shape index (κ1) is 14.6. The van der Waals surface area contributed by atoms with E-state index in [4.69, 9.17) is 0 Å². The van der Waals surface area contributed by atoms with Crippen LogP contribution in [0.5, 0.6) is 0 Å². The average Bonchev–Trinajstić information content (AvgIpc) is 2.34. The number of hydrogen-bond acceptors (Lipinski definition) is 4. The molecule has 2 amide bonds. The van der Waals surface area contributed by atoms with Gasteiger partial charge in [0.15, 0.2) is 0 Å². The van der Waals surface area contributed by atoms with Crippen molar-refractivity contribution in [3.8, 4) is 0 Å². The molecule has 0 saturated carbocycles. The highest BCUT2D eigenvalue weighted by Gasteiger charge is 2.17. The predicted molar refractivity (Wildman–Crippen MR) is 70.2 cm³/mol. The molecule has 2 N–H and O–H groups in total. The van der Waals surface area contributed by atoms with E-state index in [-0.39, 0.29) is 11.8 Å². The van der Waals surface area contributed by atoms with E-state index in [0.717, 1.165) is 13.0 Å². The molecule has 0 saturated heterocycles. The molecule has 102 valence electrons. The number of carbonyl (C=O) groups excluding carboxylic acids is 2. The molecule has 6 heteroatoms. The maximum absolute atomic E-state index is 11.7. The second-order valence-electron chi connectivity index (χ2n) is 4.78. The van der Waals surface area contributed by atoms with Crippen molar-refractivity contribution in [2.75, 3.05) is 20.1 Å². The van der Waals surface area contributed by atoms with Crippen molar-refractivity contribution in [2.24, 2.45) is 5.10 Å². The summed E-state index contributed by atoms with van der Waals surface area (Å²) < 4.78 is 0. The Kier molecular flexibility index (Phi) is 5.77. The Morgan fingerprint density at radius 1 is 1.50 bits per heavy atom. The van der Waals surface area contributed by atoms with Gasteiger partial charge in [0.05, 0.1) is 0 Å². The van der Waals surface area contributed by atoms with Gasteiger partial charge >= 0.3 is 0 Å². The number of hydrogen-bond donors (Lipinski definition) is 2. The third-order valence-corrected chi connectivity index (χ3v) is 3.02. The number of carbonyl (C=O) groups is 2. The van der Waals surface area contributed by atoms with E-state index in [1.54, 1.807) is 0 Å². The summed E-state index contributed by atoms with van der Waals surface area (Å²) in [5.74, 6) is -0.313. The molecular formula is C12H22N4O2. The third-order valence-electron chi connectivity index (χ3n) is 3.02. The maximum Gasteiger partial charge on any atom is 0.267 e. The van der Waals surface area contributed by atoms with E-state index in [1.165, 1.54) is 0 Å². The molecule has 0 radical (unpaired) electrons. The van der Waals surface area contributed by atoms with Gasteiger partial charge in [-0.1, -0.05) is 0 Å². The topological polar surface area (TPSA) is 73.8 Å². The van der Waals surface area contributed by atoms with Crippen LogP contribution in [-0.2, 0) is 9.59 Å². The summed E-state index contributed by atoms with van der Waals surface area (Å²) >= 11 is 0. The van der Waals surface area contributed by atoms with E-state index in [9.17, 15) is 9.59 Å². The lowest BCUT2D eigenvalue weighted by Gasteiger charge is -2.20. The summed E-state index contributed by atoms with van der Waals surface area (Å²) in [4.78, 5) is 24.8. The summed E-state index contributed by atoms with van der Waals surface area (Å²) in [5, 5.41) is 6.56. The first-order valence-corrected chi connectivity index (χ1v) is 6.34. The van der Waals surface area contributed by atoms with Crippen LogP contribution in [0.4, 0.5) is 0 Å². The van der Waals surface area contributed by atoms with Gasteiger partial charge in [0, 0.05) is 25.4 Å². The molecule has 1 aliphatic rings. The number of rotatable bonds is 6. The average molecular weight is 254 g/mol. The molecular weight excluding hydrogens is 232 g/mol. The van der Waals surface area contributed by atoms with Crippen molar-refractivity contribution >= 4 is 17.5 Å². The van der Waals surface area contributed by atoms with Crippen LogP contribution in [0.1, 0.15) is 33.1 Å². The normalized spacial score (nSPS) is 15.6. The molecule has 0 unspecified atom stereocenters. The van der Waals surface area contributed by atoms with E-state index in [1.807, 2.05) is 0 Å². The molecule has 1 rings (SSSR count). The highest BCUT2D eigenvalue weighted by Crippen LogP contribution is 1.99. The van der Waals surface area contributed by atoms with Gasteiger partial charge in [-0.25, -0.2) is 5.43 Å². The first-order chi connectivity index (χ1) is 8.50. The van der Waals surface area contributed by atoms with E-state index < -0.39 is 0 Å². The van der Waals surface area contributed by atoms with Crippen molar-refractivity contribution in [1.82, 2.24) is 15.6 Å². The number of hydrazone groups is 1. The van der Waals surface area contributed by atoms with Gasteiger partial charge in [-0.3, -0.25) is 9.59 Å². The van der Waals surface area contributed by atoms with Gasteiger partial charge in [-0.15, -0.1) is 0 Å².